The van der Waals surface area contributed by atoms with Gasteiger partial charge in [0.15, 0.2) is 0 Å². The van der Waals surface area contributed by atoms with E-state index < -0.39 is 5.54 Å². The van der Waals surface area contributed by atoms with Crippen LogP contribution in [0.5, 0.6) is 0 Å². The first kappa shape index (κ1) is 14.6. The second-order valence-electron chi connectivity index (χ2n) is 5.65. The van der Waals surface area contributed by atoms with E-state index in [4.69, 9.17) is 5.73 Å². The summed E-state index contributed by atoms with van der Waals surface area (Å²) in [6.07, 6.45) is 3.37. The number of nitrogens with two attached hydrogens (primary N) is 1. The lowest BCUT2D eigenvalue weighted by molar-refractivity contribution is -0.147. The van der Waals surface area contributed by atoms with Gasteiger partial charge in [-0.25, -0.2) is 0 Å². The van der Waals surface area contributed by atoms with Crippen LogP contribution in [0, 0.1) is 0 Å². The summed E-state index contributed by atoms with van der Waals surface area (Å²) in [6.45, 7) is 5.61. The smallest absolute Gasteiger partial charge is 0.246 e. The molecule has 2 unspecified atom stereocenters. The molecule has 0 radical (unpaired) electrons. The van der Waals surface area contributed by atoms with E-state index in [1.165, 1.54) is 0 Å². The summed E-state index contributed by atoms with van der Waals surface area (Å²) in [4.78, 5) is 29.6. The van der Waals surface area contributed by atoms with Crippen LogP contribution in [-0.2, 0) is 9.59 Å². The second-order valence-corrected chi connectivity index (χ2v) is 5.65. The van der Waals surface area contributed by atoms with E-state index in [1.54, 1.807) is 26.2 Å². The molecule has 6 heteroatoms. The molecule has 1 aromatic heterocycles. The van der Waals surface area contributed by atoms with E-state index >= 15 is 0 Å². The zero-order chi connectivity index (χ0) is 14.9. The Kier molecular flexibility index (Phi) is 3.87. The highest BCUT2D eigenvalue weighted by Gasteiger charge is 2.45. The van der Waals surface area contributed by atoms with Crippen LogP contribution in [0.15, 0.2) is 24.5 Å². The molecule has 0 aromatic carbocycles. The molecular weight excluding hydrogens is 256 g/mol. The van der Waals surface area contributed by atoms with E-state index in [0.29, 0.717) is 0 Å². The monoisotopic (exact) mass is 276 g/mol. The summed E-state index contributed by atoms with van der Waals surface area (Å²) in [5, 5.41) is 2.37. The average molecular weight is 276 g/mol. The highest BCUT2D eigenvalue weighted by atomic mass is 16.2. The molecule has 0 aliphatic carbocycles. The number of rotatable bonds is 3. The van der Waals surface area contributed by atoms with Crippen LogP contribution in [0.3, 0.4) is 0 Å². The van der Waals surface area contributed by atoms with Crippen LogP contribution in [0.25, 0.3) is 0 Å². The summed E-state index contributed by atoms with van der Waals surface area (Å²) < 4.78 is 0. The van der Waals surface area contributed by atoms with E-state index in [-0.39, 0.29) is 30.4 Å². The van der Waals surface area contributed by atoms with Gasteiger partial charge in [0.25, 0.3) is 0 Å². The van der Waals surface area contributed by atoms with E-state index in [1.807, 2.05) is 24.0 Å². The van der Waals surface area contributed by atoms with Gasteiger partial charge >= 0.3 is 0 Å². The molecule has 3 N–H and O–H groups in total. The van der Waals surface area contributed by atoms with Crippen LogP contribution >= 0.6 is 0 Å². The normalized spacial score (nSPS) is 22.2. The first-order valence-electron chi connectivity index (χ1n) is 6.60. The average Bonchev–Trinajstić information content (AvgIpc) is 2.37. The molecule has 1 fully saturated rings. The van der Waals surface area contributed by atoms with Gasteiger partial charge in [-0.15, -0.1) is 0 Å². The topological polar surface area (TPSA) is 88.3 Å². The third-order valence-corrected chi connectivity index (χ3v) is 3.72. The molecule has 0 bridgehead atoms. The Bertz CT molecular complexity index is 513. The predicted molar refractivity (Wildman–Crippen MR) is 74.6 cm³/mol. The maximum atomic E-state index is 12.1. The van der Waals surface area contributed by atoms with Crippen LogP contribution in [0.1, 0.15) is 32.4 Å². The first-order chi connectivity index (χ1) is 9.34. The van der Waals surface area contributed by atoms with E-state index in [9.17, 15) is 9.59 Å². The van der Waals surface area contributed by atoms with Crippen molar-refractivity contribution in [1.82, 2.24) is 15.2 Å². The van der Waals surface area contributed by atoms with Crippen molar-refractivity contribution < 1.29 is 9.59 Å². The van der Waals surface area contributed by atoms with Crippen LogP contribution in [0.4, 0.5) is 0 Å². The minimum absolute atomic E-state index is 0.146. The molecule has 20 heavy (non-hydrogen) atoms. The standard InChI is InChI=1S/C14H20N4O2/c1-9(15)12(10-4-6-16-7-5-10)18-8-11(19)17-13(20)14(18,2)3/h4-7,9,12H,8,15H2,1-3H3,(H,17,19,20). The van der Waals surface area contributed by atoms with Gasteiger partial charge in [-0.2, -0.15) is 0 Å². The Hall–Kier alpha value is -1.79. The fourth-order valence-corrected chi connectivity index (χ4v) is 2.58. The van der Waals surface area contributed by atoms with Crippen molar-refractivity contribution in [2.75, 3.05) is 6.54 Å². The van der Waals surface area contributed by atoms with Crippen molar-refractivity contribution in [3.05, 3.63) is 30.1 Å². The molecule has 2 amide bonds. The van der Waals surface area contributed by atoms with E-state index in [2.05, 4.69) is 10.3 Å². The van der Waals surface area contributed by atoms with Crippen molar-refractivity contribution >= 4 is 11.8 Å². The van der Waals surface area contributed by atoms with Gasteiger partial charge in [0.05, 0.1) is 18.1 Å². The van der Waals surface area contributed by atoms with Crippen molar-refractivity contribution in [3.8, 4) is 0 Å². The van der Waals surface area contributed by atoms with Crippen LogP contribution in [-0.4, -0.2) is 39.8 Å². The fourth-order valence-electron chi connectivity index (χ4n) is 2.58. The Morgan fingerprint density at radius 1 is 1.35 bits per heavy atom. The quantitative estimate of drug-likeness (QED) is 0.770. The molecule has 1 aliphatic heterocycles. The molecule has 0 saturated carbocycles. The largest absolute Gasteiger partial charge is 0.326 e. The van der Waals surface area contributed by atoms with Gasteiger partial charge in [0.1, 0.15) is 0 Å². The first-order valence-corrected chi connectivity index (χ1v) is 6.60. The second kappa shape index (κ2) is 5.30. The highest BCUT2D eigenvalue weighted by Crippen LogP contribution is 2.31. The lowest BCUT2D eigenvalue weighted by Crippen LogP contribution is -2.66. The summed E-state index contributed by atoms with van der Waals surface area (Å²) in [5.41, 5.74) is 6.26. The van der Waals surface area contributed by atoms with Gasteiger partial charge in [-0.05, 0) is 38.5 Å². The lowest BCUT2D eigenvalue weighted by Gasteiger charge is -2.46. The molecule has 108 valence electrons. The number of nitrogens with one attached hydrogen (secondary N) is 1. The van der Waals surface area contributed by atoms with Crippen molar-refractivity contribution in [2.24, 2.45) is 5.73 Å². The minimum Gasteiger partial charge on any atom is -0.326 e. The zero-order valence-corrected chi connectivity index (χ0v) is 12.0. The van der Waals surface area contributed by atoms with Crippen LogP contribution in [0.2, 0.25) is 0 Å². The summed E-state index contributed by atoms with van der Waals surface area (Å²) in [5.74, 6) is -0.595. The number of hydrogen-bond donors (Lipinski definition) is 2. The number of aromatic nitrogens is 1. The number of nitrogens with zero attached hydrogens (tertiary/aromatic N) is 2. The molecule has 2 atom stereocenters. The number of imide groups is 1. The fraction of sp³-hybridized carbons (Fsp3) is 0.500. The Morgan fingerprint density at radius 3 is 2.50 bits per heavy atom. The summed E-state index contributed by atoms with van der Waals surface area (Å²) >= 11 is 0. The number of hydrogen-bond acceptors (Lipinski definition) is 5. The Morgan fingerprint density at radius 2 is 1.95 bits per heavy atom. The number of piperazine rings is 1. The molecule has 1 aromatic rings. The molecule has 1 aliphatic rings. The maximum absolute atomic E-state index is 12.1. The van der Waals surface area contributed by atoms with Gasteiger partial charge in [-0.1, -0.05) is 0 Å². The molecule has 1 saturated heterocycles. The molecule has 2 rings (SSSR count). The van der Waals surface area contributed by atoms with E-state index in [0.717, 1.165) is 5.56 Å². The number of carbonyl (C=O) groups excluding carboxylic acids is 2. The van der Waals surface area contributed by atoms with Gasteiger partial charge in [-0.3, -0.25) is 24.8 Å². The summed E-state index contributed by atoms with van der Waals surface area (Å²) in [6, 6.07) is 3.28. The van der Waals surface area contributed by atoms with Crippen LogP contribution < -0.4 is 11.1 Å². The number of carbonyl (C=O) groups is 2. The Labute approximate surface area is 118 Å². The molecular formula is C14H20N4O2. The number of pyridine rings is 1. The van der Waals surface area contributed by atoms with Crippen molar-refractivity contribution in [2.45, 2.75) is 38.4 Å². The summed E-state index contributed by atoms with van der Waals surface area (Å²) in [7, 11) is 0. The Balaban J connectivity index is 2.43. The van der Waals surface area contributed by atoms with Gasteiger partial charge in [0.2, 0.25) is 11.8 Å². The van der Waals surface area contributed by atoms with Crippen molar-refractivity contribution in [1.29, 1.82) is 0 Å². The third kappa shape index (κ3) is 2.57. The number of amides is 2. The molecule has 0 spiro atoms. The zero-order valence-electron chi connectivity index (χ0n) is 12.0. The molecule has 2 heterocycles. The minimum atomic E-state index is -0.796. The van der Waals surface area contributed by atoms with Gasteiger partial charge < -0.3 is 5.73 Å². The predicted octanol–water partition coefficient (Wildman–Crippen LogP) is 0.207. The lowest BCUT2D eigenvalue weighted by atomic mass is 9.90. The molecule has 6 nitrogen and oxygen atoms in total. The third-order valence-electron chi connectivity index (χ3n) is 3.72. The maximum Gasteiger partial charge on any atom is 0.246 e. The van der Waals surface area contributed by atoms with Gasteiger partial charge in [0, 0.05) is 18.4 Å². The SMILES string of the molecule is CC(N)C(c1ccncc1)N1CC(=O)NC(=O)C1(C)C. The van der Waals surface area contributed by atoms with Crippen molar-refractivity contribution in [3.63, 3.8) is 0 Å². The highest BCUT2D eigenvalue weighted by molar-refractivity contribution is 6.03.